The van der Waals surface area contributed by atoms with Gasteiger partial charge in [0.15, 0.2) is 10.4 Å². The third-order valence-electron chi connectivity index (χ3n) is 4.66. The minimum absolute atomic E-state index is 0.0549. The zero-order chi connectivity index (χ0) is 22.7. The third kappa shape index (κ3) is 5.20. The molecule has 1 heterocycles. The fourth-order valence-electron chi connectivity index (χ4n) is 3.30. The molecule has 6 nitrogen and oxygen atoms in total. The van der Waals surface area contributed by atoms with Crippen LogP contribution >= 0.6 is 39.1 Å². The van der Waals surface area contributed by atoms with Crippen LogP contribution in [0.2, 0.25) is 10.0 Å². The maximum Gasteiger partial charge on any atom is 0.356 e. The van der Waals surface area contributed by atoms with Gasteiger partial charge in [0.25, 0.3) is 0 Å². The van der Waals surface area contributed by atoms with Gasteiger partial charge in [-0.25, -0.2) is 14.2 Å². The summed E-state index contributed by atoms with van der Waals surface area (Å²) in [6, 6.07) is 10.3. The molecule has 3 aromatic rings. The molecule has 0 fully saturated rings. The highest BCUT2D eigenvalue weighted by atomic mass is 79.9. The predicted octanol–water partition coefficient (Wildman–Crippen LogP) is 6.20. The monoisotopic (exact) mass is 529 g/mol. The number of carbonyl (C=O) groups is 1. The molecule has 0 aliphatic heterocycles. The van der Waals surface area contributed by atoms with Gasteiger partial charge < -0.3 is 19.7 Å². The number of benzene rings is 2. The molecule has 2 N–H and O–H groups in total. The average molecular weight is 531 g/mol. The number of hydrogen-bond donors (Lipinski definition) is 2. The summed E-state index contributed by atoms with van der Waals surface area (Å²) in [6.45, 7) is 2.22. The van der Waals surface area contributed by atoms with Crippen molar-refractivity contribution in [3.8, 4) is 0 Å². The molecule has 10 heteroatoms. The maximum atomic E-state index is 13.7. The van der Waals surface area contributed by atoms with E-state index >= 15 is 0 Å². The van der Waals surface area contributed by atoms with E-state index in [0.29, 0.717) is 27.7 Å². The minimum Gasteiger partial charge on any atom is -0.476 e. The van der Waals surface area contributed by atoms with Crippen LogP contribution in [-0.2, 0) is 4.74 Å². The molecule has 1 unspecified atom stereocenters. The van der Waals surface area contributed by atoms with Crippen LogP contribution in [0.3, 0.4) is 0 Å². The number of ether oxygens (including phenoxy) is 1. The van der Waals surface area contributed by atoms with Gasteiger partial charge in [-0.3, -0.25) is 0 Å². The highest BCUT2D eigenvalue weighted by molar-refractivity contribution is 9.10. The first-order valence-corrected chi connectivity index (χ1v) is 10.7. The first-order chi connectivity index (χ1) is 14.7. The van der Waals surface area contributed by atoms with Crippen LogP contribution < -0.4 is 5.32 Å². The van der Waals surface area contributed by atoms with Crippen molar-refractivity contribution in [2.75, 3.05) is 19.0 Å². The third-order valence-corrected chi connectivity index (χ3v) is 5.76. The Morgan fingerprint density at radius 2 is 1.97 bits per heavy atom. The standard InChI is InChI=1S/C21H19BrCl2FN3O3/c1-11(10-31-2)28-19(18(20(29)30)27-21(28)22)17(12-3-5-13(23)6-4-12)26-14-7-8-16(25)15(24)9-14/h3-9,11,17,26H,10H2,1-2H3,(H,29,30)/t11-,17?/m1/s1. The fourth-order valence-corrected chi connectivity index (χ4v) is 4.33. The molecular weight excluding hydrogens is 512 g/mol. The van der Waals surface area contributed by atoms with Crippen LogP contribution in [0, 0.1) is 5.82 Å². The number of nitrogens with one attached hydrogen (secondary N) is 1. The number of imidazole rings is 1. The highest BCUT2D eigenvalue weighted by Crippen LogP contribution is 2.35. The summed E-state index contributed by atoms with van der Waals surface area (Å²) in [4.78, 5) is 16.3. The largest absolute Gasteiger partial charge is 0.476 e. The first-order valence-electron chi connectivity index (χ1n) is 9.19. The van der Waals surface area contributed by atoms with Crippen molar-refractivity contribution in [3.05, 3.63) is 80.0 Å². The van der Waals surface area contributed by atoms with Crippen molar-refractivity contribution >= 4 is 50.8 Å². The molecule has 0 saturated carbocycles. The van der Waals surface area contributed by atoms with Gasteiger partial charge in [0.2, 0.25) is 0 Å². The Bertz CT molecular complexity index is 1090. The Hall–Kier alpha value is -2.13. The molecule has 0 bridgehead atoms. The number of rotatable bonds is 8. The van der Waals surface area contributed by atoms with Crippen molar-refractivity contribution in [1.29, 1.82) is 0 Å². The lowest BCUT2D eigenvalue weighted by Gasteiger charge is -2.26. The first kappa shape index (κ1) is 23.5. The van der Waals surface area contributed by atoms with Crippen molar-refractivity contribution in [2.24, 2.45) is 0 Å². The van der Waals surface area contributed by atoms with E-state index in [1.807, 2.05) is 6.92 Å². The Labute approximate surface area is 197 Å². The van der Waals surface area contributed by atoms with Gasteiger partial charge in [0.1, 0.15) is 5.82 Å². The van der Waals surface area contributed by atoms with E-state index in [-0.39, 0.29) is 16.8 Å². The smallest absolute Gasteiger partial charge is 0.356 e. The van der Waals surface area contributed by atoms with E-state index in [1.165, 1.54) is 18.2 Å². The van der Waals surface area contributed by atoms with Crippen molar-refractivity contribution in [3.63, 3.8) is 0 Å². The van der Waals surface area contributed by atoms with Crippen LogP contribution in [0.25, 0.3) is 0 Å². The second-order valence-electron chi connectivity index (χ2n) is 6.85. The molecule has 0 amide bonds. The van der Waals surface area contributed by atoms with Gasteiger partial charge in [-0.1, -0.05) is 35.3 Å². The minimum atomic E-state index is -1.18. The number of aromatic nitrogens is 2. The second kappa shape index (κ2) is 9.99. The van der Waals surface area contributed by atoms with E-state index in [4.69, 9.17) is 27.9 Å². The molecule has 3 rings (SSSR count). The summed E-state index contributed by atoms with van der Waals surface area (Å²) in [7, 11) is 1.56. The summed E-state index contributed by atoms with van der Waals surface area (Å²) >= 11 is 15.4. The predicted molar refractivity (Wildman–Crippen MR) is 122 cm³/mol. The Morgan fingerprint density at radius 1 is 1.29 bits per heavy atom. The van der Waals surface area contributed by atoms with Crippen LogP contribution in [0.1, 0.15) is 40.8 Å². The summed E-state index contributed by atoms with van der Waals surface area (Å²) in [5.41, 5.74) is 1.50. The number of hydrogen-bond acceptors (Lipinski definition) is 4. The van der Waals surface area contributed by atoms with Gasteiger partial charge in [-0.15, -0.1) is 0 Å². The topological polar surface area (TPSA) is 76.4 Å². The average Bonchev–Trinajstić information content (AvgIpc) is 3.07. The van der Waals surface area contributed by atoms with Gasteiger partial charge in [0, 0.05) is 17.8 Å². The molecule has 0 radical (unpaired) electrons. The van der Waals surface area contributed by atoms with Crippen LogP contribution in [0.15, 0.2) is 47.2 Å². The number of methoxy groups -OCH3 is 1. The summed E-state index contributed by atoms with van der Waals surface area (Å²) < 4.78 is 21.0. The normalized spacial score (nSPS) is 13.1. The van der Waals surface area contributed by atoms with E-state index in [9.17, 15) is 14.3 Å². The Kier molecular flexibility index (Phi) is 7.59. The number of anilines is 1. The Balaban J connectivity index is 2.22. The number of aromatic carboxylic acids is 1. The molecular formula is C21H19BrCl2FN3O3. The SMILES string of the molecule is COC[C@@H](C)n1c(Br)nc(C(=O)O)c1C(Nc1ccc(F)c(Cl)c1)c1ccc(Cl)cc1. The maximum absolute atomic E-state index is 13.7. The van der Waals surface area contributed by atoms with Crippen LogP contribution in [-0.4, -0.2) is 34.3 Å². The van der Waals surface area contributed by atoms with Crippen LogP contribution in [0.5, 0.6) is 0 Å². The lowest BCUT2D eigenvalue weighted by molar-refractivity contribution is 0.0689. The van der Waals surface area contributed by atoms with E-state index in [2.05, 4.69) is 26.2 Å². The van der Waals surface area contributed by atoms with E-state index in [0.717, 1.165) is 5.56 Å². The quantitative estimate of drug-likeness (QED) is 0.362. The van der Waals surface area contributed by atoms with Gasteiger partial charge in [0.05, 0.1) is 29.4 Å². The summed E-state index contributed by atoms with van der Waals surface area (Å²) in [5, 5.41) is 13.6. The zero-order valence-corrected chi connectivity index (χ0v) is 19.7. The number of nitrogens with zero attached hydrogens (tertiary/aromatic N) is 2. The van der Waals surface area contributed by atoms with Crippen molar-refractivity contribution < 1.29 is 19.0 Å². The summed E-state index contributed by atoms with van der Waals surface area (Å²) in [5.74, 6) is -1.74. The molecule has 0 spiro atoms. The molecule has 0 saturated heterocycles. The molecule has 1 aromatic heterocycles. The lowest BCUT2D eigenvalue weighted by Crippen LogP contribution is -2.23. The van der Waals surface area contributed by atoms with Crippen molar-refractivity contribution in [2.45, 2.75) is 19.0 Å². The Morgan fingerprint density at radius 3 is 2.55 bits per heavy atom. The van der Waals surface area contributed by atoms with Crippen molar-refractivity contribution in [1.82, 2.24) is 9.55 Å². The lowest BCUT2D eigenvalue weighted by atomic mass is 10.0. The van der Waals surface area contributed by atoms with E-state index in [1.54, 1.807) is 35.9 Å². The zero-order valence-electron chi connectivity index (χ0n) is 16.6. The molecule has 164 valence electrons. The molecule has 31 heavy (non-hydrogen) atoms. The highest BCUT2D eigenvalue weighted by Gasteiger charge is 2.31. The molecule has 2 aromatic carbocycles. The number of carboxylic acid groups (broad SMARTS) is 1. The number of halogens is 4. The second-order valence-corrected chi connectivity index (χ2v) is 8.40. The summed E-state index contributed by atoms with van der Waals surface area (Å²) in [6.07, 6.45) is 0. The van der Waals surface area contributed by atoms with Gasteiger partial charge >= 0.3 is 5.97 Å². The molecule has 0 aliphatic rings. The van der Waals surface area contributed by atoms with E-state index < -0.39 is 17.8 Å². The van der Waals surface area contributed by atoms with Gasteiger partial charge in [-0.05, 0) is 58.7 Å². The van der Waals surface area contributed by atoms with Crippen LogP contribution in [0.4, 0.5) is 10.1 Å². The number of carboxylic acids is 1. The van der Waals surface area contributed by atoms with Gasteiger partial charge in [-0.2, -0.15) is 0 Å². The molecule has 0 aliphatic carbocycles. The molecule has 2 atom stereocenters. The fraction of sp³-hybridized carbons (Fsp3) is 0.238.